The van der Waals surface area contributed by atoms with Gasteiger partial charge in [0.15, 0.2) is 0 Å². The SMILES string of the molecule is c1ccc(-c2ccccc2-c2cccc(N(c3ccc(-c4cccc5c4oc4ccccc45)cc3)c3ccc4c(c3)C(c3ccccc3)(c3ccccc3)c3ccccc3-4)c2)cc1. The van der Waals surface area contributed by atoms with Crippen LogP contribution in [0.2, 0.25) is 0 Å². The van der Waals surface area contributed by atoms with Crippen LogP contribution in [0.3, 0.4) is 0 Å². The third kappa shape index (κ3) is 5.95. The van der Waals surface area contributed by atoms with E-state index in [1.165, 1.54) is 50.1 Å². The molecule has 0 spiro atoms. The Bertz CT molecular complexity index is 3400. The van der Waals surface area contributed by atoms with E-state index in [4.69, 9.17) is 4.42 Å². The number of benzene rings is 10. The molecule has 0 aliphatic heterocycles. The molecule has 1 heterocycles. The van der Waals surface area contributed by atoms with Gasteiger partial charge in [0, 0.05) is 33.4 Å². The molecule has 12 rings (SSSR count). The van der Waals surface area contributed by atoms with Crippen molar-refractivity contribution >= 4 is 39.0 Å². The molecule has 0 amide bonds. The Hall–Kier alpha value is -8.20. The van der Waals surface area contributed by atoms with Crippen LogP contribution in [0.5, 0.6) is 0 Å². The van der Waals surface area contributed by atoms with E-state index in [-0.39, 0.29) is 0 Å². The first kappa shape index (κ1) is 36.6. The molecule has 1 aliphatic carbocycles. The van der Waals surface area contributed by atoms with E-state index in [0.29, 0.717) is 0 Å². The van der Waals surface area contributed by atoms with E-state index in [1.54, 1.807) is 0 Å². The first-order chi connectivity index (χ1) is 31.3. The number of anilines is 3. The molecule has 10 aromatic carbocycles. The van der Waals surface area contributed by atoms with Crippen LogP contribution in [0.4, 0.5) is 17.1 Å². The number of rotatable bonds is 8. The Morgan fingerprint density at radius 1 is 0.302 bits per heavy atom. The van der Waals surface area contributed by atoms with Crippen molar-refractivity contribution in [3.05, 3.63) is 271 Å². The smallest absolute Gasteiger partial charge is 0.143 e. The lowest BCUT2D eigenvalue weighted by Gasteiger charge is -2.35. The number of hydrogen-bond donors (Lipinski definition) is 0. The van der Waals surface area contributed by atoms with Crippen LogP contribution in [-0.4, -0.2) is 0 Å². The lowest BCUT2D eigenvalue weighted by atomic mass is 9.67. The van der Waals surface area contributed by atoms with Crippen molar-refractivity contribution in [3.63, 3.8) is 0 Å². The number of hydrogen-bond acceptors (Lipinski definition) is 2. The summed E-state index contributed by atoms with van der Waals surface area (Å²) in [5.41, 5.74) is 19.0. The Balaban J connectivity index is 1.07. The molecule has 0 saturated heterocycles. The predicted octanol–water partition coefficient (Wildman–Crippen LogP) is 16.4. The van der Waals surface area contributed by atoms with Gasteiger partial charge in [0.1, 0.15) is 11.2 Å². The van der Waals surface area contributed by atoms with Gasteiger partial charge in [0.25, 0.3) is 0 Å². The van der Waals surface area contributed by atoms with E-state index in [1.807, 2.05) is 12.1 Å². The molecule has 0 atom stereocenters. The summed E-state index contributed by atoms with van der Waals surface area (Å²) in [7, 11) is 0. The minimum absolute atomic E-state index is 0.526. The topological polar surface area (TPSA) is 16.4 Å². The summed E-state index contributed by atoms with van der Waals surface area (Å²) in [4.78, 5) is 2.42. The Labute approximate surface area is 367 Å². The molecule has 2 heteroatoms. The quantitative estimate of drug-likeness (QED) is 0.152. The largest absolute Gasteiger partial charge is 0.455 e. The lowest BCUT2D eigenvalue weighted by molar-refractivity contribution is 0.670. The van der Waals surface area contributed by atoms with Gasteiger partial charge >= 0.3 is 0 Å². The molecular weight excluding hydrogens is 763 g/mol. The van der Waals surface area contributed by atoms with Gasteiger partial charge in [-0.25, -0.2) is 0 Å². The molecule has 11 aromatic rings. The van der Waals surface area contributed by atoms with Crippen LogP contribution in [0.1, 0.15) is 22.3 Å². The van der Waals surface area contributed by atoms with Gasteiger partial charge in [-0.15, -0.1) is 0 Å². The van der Waals surface area contributed by atoms with Gasteiger partial charge in [-0.3, -0.25) is 0 Å². The highest BCUT2D eigenvalue weighted by Crippen LogP contribution is 2.57. The van der Waals surface area contributed by atoms with Crippen molar-refractivity contribution in [1.29, 1.82) is 0 Å². The maximum Gasteiger partial charge on any atom is 0.143 e. The molecule has 0 N–H and O–H groups in total. The van der Waals surface area contributed by atoms with Gasteiger partial charge < -0.3 is 9.32 Å². The third-order valence-electron chi connectivity index (χ3n) is 13.0. The minimum atomic E-state index is -0.526. The molecule has 0 unspecified atom stereocenters. The molecule has 0 saturated carbocycles. The molecule has 2 nitrogen and oxygen atoms in total. The van der Waals surface area contributed by atoms with Gasteiger partial charge in [0.05, 0.1) is 5.41 Å². The van der Waals surface area contributed by atoms with E-state index >= 15 is 0 Å². The van der Waals surface area contributed by atoms with Crippen LogP contribution in [0.15, 0.2) is 253 Å². The number of nitrogens with zero attached hydrogens (tertiary/aromatic N) is 1. The minimum Gasteiger partial charge on any atom is -0.455 e. The first-order valence-corrected chi connectivity index (χ1v) is 21.7. The first-order valence-electron chi connectivity index (χ1n) is 21.7. The van der Waals surface area contributed by atoms with Gasteiger partial charge in [0.2, 0.25) is 0 Å². The average Bonchev–Trinajstić information content (AvgIpc) is 3.89. The van der Waals surface area contributed by atoms with Crippen molar-refractivity contribution in [2.24, 2.45) is 0 Å². The van der Waals surface area contributed by atoms with Crippen LogP contribution >= 0.6 is 0 Å². The van der Waals surface area contributed by atoms with E-state index in [9.17, 15) is 0 Å². The molecule has 0 bridgehead atoms. The predicted molar refractivity (Wildman–Crippen MR) is 262 cm³/mol. The maximum atomic E-state index is 6.50. The van der Waals surface area contributed by atoms with E-state index < -0.39 is 5.41 Å². The van der Waals surface area contributed by atoms with Crippen LogP contribution in [-0.2, 0) is 5.41 Å². The summed E-state index contributed by atoms with van der Waals surface area (Å²) in [5.74, 6) is 0. The molecule has 1 aromatic heterocycles. The second kappa shape index (κ2) is 15.1. The second-order valence-corrected chi connectivity index (χ2v) is 16.4. The van der Waals surface area contributed by atoms with Crippen molar-refractivity contribution in [2.45, 2.75) is 5.41 Å². The molecule has 296 valence electrons. The normalized spacial score (nSPS) is 12.6. The summed E-state index contributed by atoms with van der Waals surface area (Å²) < 4.78 is 6.50. The second-order valence-electron chi connectivity index (χ2n) is 16.4. The third-order valence-corrected chi connectivity index (χ3v) is 13.0. The number of furan rings is 1. The molecule has 0 radical (unpaired) electrons. The van der Waals surface area contributed by atoms with Crippen molar-refractivity contribution in [3.8, 4) is 44.5 Å². The Morgan fingerprint density at radius 2 is 0.810 bits per heavy atom. The zero-order chi connectivity index (χ0) is 41.7. The van der Waals surface area contributed by atoms with Crippen LogP contribution < -0.4 is 4.90 Å². The van der Waals surface area contributed by atoms with Crippen molar-refractivity contribution in [1.82, 2.24) is 0 Å². The Morgan fingerprint density at radius 3 is 1.56 bits per heavy atom. The van der Waals surface area contributed by atoms with Gasteiger partial charge in [-0.1, -0.05) is 206 Å². The van der Waals surface area contributed by atoms with Crippen molar-refractivity contribution in [2.75, 3.05) is 4.90 Å². The fourth-order valence-corrected chi connectivity index (χ4v) is 10.2. The van der Waals surface area contributed by atoms with Gasteiger partial charge in [-0.2, -0.15) is 0 Å². The number of fused-ring (bicyclic) bond motifs is 6. The fourth-order valence-electron chi connectivity index (χ4n) is 10.2. The number of para-hydroxylation sites is 2. The summed E-state index contributed by atoms with van der Waals surface area (Å²) in [6, 6.07) is 90.2. The lowest BCUT2D eigenvalue weighted by Crippen LogP contribution is -2.28. The standard InChI is InChI=1S/C61H41NO/c1-4-18-42(19-5-1)50-26-10-11-27-51(50)44-20-16-25-48(40-44)62(47-36-34-43(35-37-47)52-30-17-31-56-55-29-13-15-33-59(55)63-60(52)56)49-38-39-54-53-28-12-14-32-57(53)61(58(54)41-49,45-21-6-2-7-22-45)46-23-8-3-9-24-46/h1-41H. The molecule has 63 heavy (non-hydrogen) atoms. The zero-order valence-corrected chi connectivity index (χ0v) is 34.5. The summed E-state index contributed by atoms with van der Waals surface area (Å²) in [5, 5.41) is 2.26. The highest BCUT2D eigenvalue weighted by Gasteiger charge is 2.46. The van der Waals surface area contributed by atoms with Crippen LogP contribution in [0, 0.1) is 0 Å². The van der Waals surface area contributed by atoms with E-state index in [2.05, 4.69) is 241 Å². The zero-order valence-electron chi connectivity index (χ0n) is 34.5. The van der Waals surface area contributed by atoms with Gasteiger partial charge in [-0.05, 0) is 104 Å². The highest BCUT2D eigenvalue weighted by molar-refractivity contribution is 6.09. The maximum absolute atomic E-state index is 6.50. The summed E-state index contributed by atoms with van der Waals surface area (Å²) in [6.45, 7) is 0. The Kier molecular flexibility index (Phi) is 8.76. The van der Waals surface area contributed by atoms with E-state index in [0.717, 1.165) is 55.7 Å². The monoisotopic (exact) mass is 803 g/mol. The molecule has 0 fully saturated rings. The van der Waals surface area contributed by atoms with Crippen LogP contribution in [0.25, 0.3) is 66.4 Å². The molecule has 1 aliphatic rings. The average molecular weight is 804 g/mol. The summed E-state index contributed by atoms with van der Waals surface area (Å²) in [6.07, 6.45) is 0. The summed E-state index contributed by atoms with van der Waals surface area (Å²) >= 11 is 0. The molecular formula is C61H41NO. The highest BCUT2D eigenvalue weighted by atomic mass is 16.3. The fraction of sp³-hybridized carbons (Fsp3) is 0.0164. The van der Waals surface area contributed by atoms with Crippen molar-refractivity contribution < 1.29 is 4.42 Å².